The van der Waals surface area contributed by atoms with E-state index >= 15 is 0 Å². The molecule has 0 aliphatic carbocycles. The monoisotopic (exact) mass is 184 g/mol. The summed E-state index contributed by atoms with van der Waals surface area (Å²) in [7, 11) is 0. The fourth-order valence-electron chi connectivity index (χ4n) is 1.50. The maximum atomic E-state index is 10.0. The summed E-state index contributed by atoms with van der Waals surface area (Å²) in [6.45, 7) is 1.35. The van der Waals surface area contributed by atoms with E-state index in [1.807, 2.05) is 0 Å². The van der Waals surface area contributed by atoms with Crippen molar-refractivity contribution in [3.63, 3.8) is 0 Å². The lowest BCUT2D eigenvalue weighted by molar-refractivity contribution is -0.0167. The van der Waals surface area contributed by atoms with E-state index in [1.165, 1.54) is 0 Å². The van der Waals surface area contributed by atoms with Gasteiger partial charge in [0.2, 0.25) is 0 Å². The highest BCUT2D eigenvalue weighted by atomic mass is 16.5. The molecule has 2 rings (SSSR count). The molecule has 2 heterocycles. The number of β-amino-alcohol motifs (C(OH)–C–C–N with tert-alkyl or cyclic N) is 1. The van der Waals surface area contributed by atoms with Gasteiger partial charge in [0.05, 0.1) is 0 Å². The smallest absolute Gasteiger partial charge is 0.261 e. The standard InChI is InChI=1S/C7H12N4O2/c8-6-10-5(13-11-6)7(12)2-1-3-9-4-7/h9,12H,1-4H2,(H2,8,11). The van der Waals surface area contributed by atoms with E-state index in [4.69, 9.17) is 10.3 Å². The van der Waals surface area contributed by atoms with Gasteiger partial charge in [-0.2, -0.15) is 4.98 Å². The number of nitrogens with one attached hydrogen (secondary N) is 1. The Kier molecular flexibility index (Phi) is 1.93. The van der Waals surface area contributed by atoms with Gasteiger partial charge in [-0.1, -0.05) is 0 Å². The van der Waals surface area contributed by atoms with E-state index in [2.05, 4.69) is 15.5 Å². The van der Waals surface area contributed by atoms with Crippen LogP contribution < -0.4 is 11.1 Å². The molecule has 1 saturated heterocycles. The molecule has 1 fully saturated rings. The molecule has 13 heavy (non-hydrogen) atoms. The van der Waals surface area contributed by atoms with Gasteiger partial charge in [0.25, 0.3) is 11.8 Å². The zero-order valence-electron chi connectivity index (χ0n) is 7.16. The minimum atomic E-state index is -1.04. The number of nitrogens with two attached hydrogens (primary N) is 1. The first-order chi connectivity index (χ1) is 6.21. The van der Waals surface area contributed by atoms with Crippen molar-refractivity contribution >= 4 is 5.95 Å². The number of anilines is 1. The first-order valence-electron chi connectivity index (χ1n) is 4.23. The Morgan fingerprint density at radius 1 is 1.62 bits per heavy atom. The van der Waals surface area contributed by atoms with Gasteiger partial charge >= 0.3 is 0 Å². The van der Waals surface area contributed by atoms with Crippen LogP contribution in [0.1, 0.15) is 18.7 Å². The van der Waals surface area contributed by atoms with E-state index in [1.54, 1.807) is 0 Å². The molecule has 0 amide bonds. The van der Waals surface area contributed by atoms with Gasteiger partial charge in [0, 0.05) is 6.54 Å². The van der Waals surface area contributed by atoms with Crippen LogP contribution in [-0.2, 0) is 5.60 Å². The molecular weight excluding hydrogens is 172 g/mol. The molecule has 4 N–H and O–H groups in total. The fourth-order valence-corrected chi connectivity index (χ4v) is 1.50. The van der Waals surface area contributed by atoms with Gasteiger partial charge in [-0.25, -0.2) is 0 Å². The van der Waals surface area contributed by atoms with Crippen LogP contribution in [-0.4, -0.2) is 28.3 Å². The maximum absolute atomic E-state index is 10.0. The van der Waals surface area contributed by atoms with Gasteiger partial charge in [-0.05, 0) is 24.5 Å². The zero-order chi connectivity index (χ0) is 9.31. The highest BCUT2D eigenvalue weighted by Crippen LogP contribution is 2.26. The Hall–Kier alpha value is -1.14. The Balaban J connectivity index is 2.22. The largest absolute Gasteiger partial charge is 0.379 e. The summed E-state index contributed by atoms with van der Waals surface area (Å²) in [5.74, 6) is 0.270. The molecule has 1 aromatic rings. The second-order valence-electron chi connectivity index (χ2n) is 3.27. The lowest BCUT2D eigenvalue weighted by Crippen LogP contribution is -2.43. The van der Waals surface area contributed by atoms with Crippen LogP contribution in [0.4, 0.5) is 5.95 Å². The van der Waals surface area contributed by atoms with Crippen LogP contribution in [0.2, 0.25) is 0 Å². The molecule has 1 aliphatic heterocycles. The van der Waals surface area contributed by atoms with Gasteiger partial charge in [-0.3, -0.25) is 0 Å². The molecule has 6 heteroatoms. The Morgan fingerprint density at radius 2 is 2.46 bits per heavy atom. The molecule has 1 aromatic heterocycles. The number of nitrogen functional groups attached to an aromatic ring is 1. The summed E-state index contributed by atoms with van der Waals surface area (Å²) in [4.78, 5) is 3.82. The zero-order valence-corrected chi connectivity index (χ0v) is 7.16. The van der Waals surface area contributed by atoms with Crippen LogP contribution in [0.3, 0.4) is 0 Å². The number of nitrogens with zero attached hydrogens (tertiary/aromatic N) is 2. The SMILES string of the molecule is Nc1noc(C2(O)CCCNC2)n1. The van der Waals surface area contributed by atoms with Gasteiger partial charge in [0.15, 0.2) is 5.60 Å². The van der Waals surface area contributed by atoms with Crippen molar-refractivity contribution in [2.75, 3.05) is 18.8 Å². The molecule has 0 bridgehead atoms. The predicted molar refractivity (Wildman–Crippen MR) is 44.7 cm³/mol. The van der Waals surface area contributed by atoms with Crippen molar-refractivity contribution in [2.24, 2.45) is 0 Å². The number of aliphatic hydroxyl groups is 1. The van der Waals surface area contributed by atoms with Gasteiger partial charge < -0.3 is 20.7 Å². The van der Waals surface area contributed by atoms with Crippen LogP contribution in [0, 0.1) is 0 Å². The third-order valence-electron chi connectivity index (χ3n) is 2.20. The molecule has 0 saturated carbocycles. The number of piperidine rings is 1. The van der Waals surface area contributed by atoms with Crippen molar-refractivity contribution in [3.05, 3.63) is 5.89 Å². The van der Waals surface area contributed by atoms with Crippen molar-refractivity contribution in [1.29, 1.82) is 0 Å². The number of aromatic nitrogens is 2. The molecular formula is C7H12N4O2. The highest BCUT2D eigenvalue weighted by molar-refractivity contribution is 5.14. The predicted octanol–water partition coefficient (Wildman–Crippen LogP) is -0.777. The molecule has 72 valence electrons. The van der Waals surface area contributed by atoms with E-state index in [0.717, 1.165) is 13.0 Å². The second kappa shape index (κ2) is 2.97. The Morgan fingerprint density at radius 3 is 3.00 bits per heavy atom. The molecule has 0 radical (unpaired) electrons. The maximum Gasteiger partial charge on any atom is 0.261 e. The van der Waals surface area contributed by atoms with E-state index in [0.29, 0.717) is 13.0 Å². The number of hydrogen-bond acceptors (Lipinski definition) is 6. The van der Waals surface area contributed by atoms with Crippen molar-refractivity contribution < 1.29 is 9.63 Å². The number of hydrogen-bond donors (Lipinski definition) is 3. The fraction of sp³-hybridized carbons (Fsp3) is 0.714. The topological polar surface area (TPSA) is 97.2 Å². The second-order valence-corrected chi connectivity index (χ2v) is 3.27. The average molecular weight is 184 g/mol. The normalized spacial score (nSPS) is 29.0. The third-order valence-corrected chi connectivity index (χ3v) is 2.20. The van der Waals surface area contributed by atoms with E-state index in [9.17, 15) is 5.11 Å². The van der Waals surface area contributed by atoms with E-state index in [-0.39, 0.29) is 11.8 Å². The first kappa shape index (κ1) is 8.46. The van der Waals surface area contributed by atoms with Gasteiger partial charge in [0.1, 0.15) is 0 Å². The van der Waals surface area contributed by atoms with Crippen molar-refractivity contribution in [2.45, 2.75) is 18.4 Å². The van der Waals surface area contributed by atoms with Crippen LogP contribution in [0.25, 0.3) is 0 Å². The summed E-state index contributed by atoms with van der Waals surface area (Å²) in [5, 5.41) is 16.5. The molecule has 0 spiro atoms. The van der Waals surface area contributed by atoms with Crippen molar-refractivity contribution in [1.82, 2.24) is 15.5 Å². The summed E-state index contributed by atoms with van der Waals surface area (Å²) >= 11 is 0. The third kappa shape index (κ3) is 1.50. The van der Waals surface area contributed by atoms with Crippen molar-refractivity contribution in [3.8, 4) is 0 Å². The quantitative estimate of drug-likeness (QED) is 0.530. The summed E-state index contributed by atoms with van der Waals surface area (Å²) in [5.41, 5.74) is 4.26. The van der Waals surface area contributed by atoms with Crippen LogP contribution >= 0.6 is 0 Å². The Bertz CT molecular complexity index is 292. The molecule has 1 aliphatic rings. The average Bonchev–Trinajstić information content (AvgIpc) is 2.54. The minimum absolute atomic E-state index is 0.0639. The Labute approximate surface area is 75.1 Å². The summed E-state index contributed by atoms with van der Waals surface area (Å²) in [6, 6.07) is 0. The lowest BCUT2D eigenvalue weighted by Gasteiger charge is -2.28. The first-order valence-corrected chi connectivity index (χ1v) is 4.23. The summed E-state index contributed by atoms with van der Waals surface area (Å²) in [6.07, 6.45) is 1.51. The molecule has 6 nitrogen and oxygen atoms in total. The molecule has 1 unspecified atom stereocenters. The van der Waals surface area contributed by atoms with E-state index < -0.39 is 5.60 Å². The van der Waals surface area contributed by atoms with Crippen LogP contribution in [0.5, 0.6) is 0 Å². The summed E-state index contributed by atoms with van der Waals surface area (Å²) < 4.78 is 4.83. The molecule has 0 aromatic carbocycles. The number of rotatable bonds is 1. The molecule has 1 atom stereocenters. The van der Waals surface area contributed by atoms with Gasteiger partial charge in [-0.15, -0.1) is 0 Å². The minimum Gasteiger partial charge on any atom is -0.379 e. The van der Waals surface area contributed by atoms with Crippen LogP contribution in [0.15, 0.2) is 4.52 Å². The lowest BCUT2D eigenvalue weighted by atomic mass is 9.94. The highest BCUT2D eigenvalue weighted by Gasteiger charge is 2.36.